The summed E-state index contributed by atoms with van der Waals surface area (Å²) in [6, 6.07) is 18.2. The average Bonchev–Trinajstić information content (AvgIpc) is 3.19. The molecule has 3 rings (SSSR count). The summed E-state index contributed by atoms with van der Waals surface area (Å²) in [6.45, 7) is 21.9. The number of hydrogen-bond donors (Lipinski definition) is 1. The number of benzene rings is 2. The van der Waals surface area contributed by atoms with Gasteiger partial charge in [-0.2, -0.15) is 0 Å². The predicted molar refractivity (Wildman–Crippen MR) is 144 cm³/mol. The van der Waals surface area contributed by atoms with Crippen LogP contribution in [0.25, 0.3) is 0 Å². The summed E-state index contributed by atoms with van der Waals surface area (Å²) < 4.78 is 11.1. The molecule has 4 nitrogen and oxygen atoms in total. The molecule has 1 aliphatic rings. The molecule has 2 aromatic carbocycles. The van der Waals surface area contributed by atoms with E-state index in [1.165, 1.54) is 22.3 Å². The molecule has 0 aliphatic carbocycles. The van der Waals surface area contributed by atoms with Crippen molar-refractivity contribution in [1.82, 2.24) is 5.32 Å². The van der Waals surface area contributed by atoms with Gasteiger partial charge in [-0.05, 0) is 60.8 Å². The predicted octanol–water partition coefficient (Wildman–Crippen LogP) is 7.27. The SMILES string of the molecule is CC(C)(C)OC(=O)O[C@H]1CNC(C(C)(c2ccc(C(C)(C)C)cc2)c2ccc(C(C)(C)C)cc2)C1. The van der Waals surface area contributed by atoms with Crippen LogP contribution in [0.3, 0.4) is 0 Å². The van der Waals surface area contributed by atoms with E-state index in [0.29, 0.717) is 6.54 Å². The van der Waals surface area contributed by atoms with Crippen LogP contribution in [0.1, 0.15) is 97.9 Å². The van der Waals surface area contributed by atoms with Gasteiger partial charge in [0.2, 0.25) is 0 Å². The Kier molecular flexibility index (Phi) is 7.49. The lowest BCUT2D eigenvalue weighted by Crippen LogP contribution is -2.44. The molecule has 1 aliphatic heterocycles. The van der Waals surface area contributed by atoms with Crippen molar-refractivity contribution in [1.29, 1.82) is 0 Å². The quantitative estimate of drug-likeness (QED) is 0.469. The first-order valence-electron chi connectivity index (χ1n) is 12.9. The summed E-state index contributed by atoms with van der Waals surface area (Å²) in [5.74, 6) is 0. The van der Waals surface area contributed by atoms with Crippen molar-refractivity contribution in [2.75, 3.05) is 6.54 Å². The van der Waals surface area contributed by atoms with Gasteiger partial charge in [-0.1, -0.05) is 90.1 Å². The maximum atomic E-state index is 12.3. The monoisotopic (exact) mass is 479 g/mol. The molecule has 0 amide bonds. The van der Waals surface area contributed by atoms with E-state index in [9.17, 15) is 4.79 Å². The standard InChI is InChI=1S/C31H45NO3/c1-28(2,3)21-11-15-23(16-12-21)31(10,24-17-13-22(14-18-24)29(4,5)6)26-19-25(20-32-26)34-27(33)35-30(7,8)9/h11-18,25-26,32H,19-20H2,1-10H3/t25-,26?/m1/s1. The van der Waals surface area contributed by atoms with Gasteiger partial charge in [0.1, 0.15) is 11.7 Å². The number of carbonyl (C=O) groups excluding carboxylic acids is 1. The minimum atomic E-state index is -0.601. The molecule has 1 N–H and O–H groups in total. The Bertz CT molecular complexity index is 944. The third-order valence-corrected chi connectivity index (χ3v) is 7.14. The second-order valence-electron chi connectivity index (χ2n) is 13.3. The molecule has 1 saturated heterocycles. The summed E-state index contributed by atoms with van der Waals surface area (Å²) in [7, 11) is 0. The number of ether oxygens (including phenoxy) is 2. The lowest BCUT2D eigenvalue weighted by atomic mass is 9.69. The van der Waals surface area contributed by atoms with Crippen LogP contribution < -0.4 is 5.32 Å². The van der Waals surface area contributed by atoms with Gasteiger partial charge in [-0.3, -0.25) is 0 Å². The zero-order valence-electron chi connectivity index (χ0n) is 23.4. The minimum absolute atomic E-state index is 0.0985. The first kappa shape index (κ1) is 27.3. The van der Waals surface area contributed by atoms with Crippen LogP contribution in [-0.4, -0.2) is 30.4 Å². The zero-order chi connectivity index (χ0) is 26.2. The van der Waals surface area contributed by atoms with Gasteiger partial charge in [0.15, 0.2) is 0 Å². The van der Waals surface area contributed by atoms with E-state index < -0.39 is 11.8 Å². The second kappa shape index (κ2) is 9.61. The lowest BCUT2D eigenvalue weighted by molar-refractivity contribution is -0.0235. The van der Waals surface area contributed by atoms with Gasteiger partial charge in [-0.15, -0.1) is 0 Å². The number of carbonyl (C=O) groups is 1. The van der Waals surface area contributed by atoms with Crippen LogP contribution in [0.5, 0.6) is 0 Å². The van der Waals surface area contributed by atoms with E-state index in [4.69, 9.17) is 9.47 Å². The molecule has 192 valence electrons. The number of nitrogens with one attached hydrogen (secondary N) is 1. The normalized spacial score (nSPS) is 19.5. The van der Waals surface area contributed by atoms with Crippen LogP contribution in [0, 0.1) is 0 Å². The Morgan fingerprint density at radius 1 is 0.714 bits per heavy atom. The molecule has 0 bridgehead atoms. The Morgan fingerprint density at radius 3 is 1.49 bits per heavy atom. The third-order valence-electron chi connectivity index (χ3n) is 7.14. The summed E-state index contributed by atoms with van der Waals surface area (Å²) in [6.07, 6.45) is -0.106. The maximum Gasteiger partial charge on any atom is 0.509 e. The van der Waals surface area contributed by atoms with Gasteiger partial charge >= 0.3 is 6.16 Å². The summed E-state index contributed by atoms with van der Waals surface area (Å²) in [5.41, 5.74) is 4.48. The van der Waals surface area contributed by atoms with E-state index in [1.807, 2.05) is 20.8 Å². The Labute approximate surface area is 212 Å². The number of rotatable bonds is 4. The molecule has 1 heterocycles. The van der Waals surface area contributed by atoms with Crippen molar-refractivity contribution in [3.05, 3.63) is 70.8 Å². The molecular formula is C31H45NO3. The van der Waals surface area contributed by atoms with Crippen molar-refractivity contribution < 1.29 is 14.3 Å². The molecule has 0 aromatic heterocycles. The average molecular weight is 480 g/mol. The third kappa shape index (κ3) is 6.46. The van der Waals surface area contributed by atoms with Crippen molar-refractivity contribution in [2.45, 2.75) is 110 Å². The summed E-state index contributed by atoms with van der Waals surface area (Å²) in [4.78, 5) is 12.3. The van der Waals surface area contributed by atoms with Crippen molar-refractivity contribution in [3.8, 4) is 0 Å². The highest BCUT2D eigenvalue weighted by Gasteiger charge is 2.43. The second-order valence-corrected chi connectivity index (χ2v) is 13.3. The number of hydrogen-bond acceptors (Lipinski definition) is 4. The van der Waals surface area contributed by atoms with Gasteiger partial charge in [0.25, 0.3) is 0 Å². The van der Waals surface area contributed by atoms with E-state index in [-0.39, 0.29) is 28.4 Å². The Hall–Kier alpha value is -2.33. The fourth-order valence-electron chi connectivity index (χ4n) is 4.84. The van der Waals surface area contributed by atoms with Crippen molar-refractivity contribution >= 4 is 6.16 Å². The fraction of sp³-hybridized carbons (Fsp3) is 0.581. The Balaban J connectivity index is 1.94. The smallest absolute Gasteiger partial charge is 0.430 e. The largest absolute Gasteiger partial charge is 0.509 e. The molecule has 35 heavy (non-hydrogen) atoms. The molecule has 1 unspecified atom stereocenters. The van der Waals surface area contributed by atoms with Gasteiger partial charge < -0.3 is 14.8 Å². The van der Waals surface area contributed by atoms with E-state index in [0.717, 1.165) is 6.42 Å². The van der Waals surface area contributed by atoms with Crippen molar-refractivity contribution in [3.63, 3.8) is 0 Å². The minimum Gasteiger partial charge on any atom is -0.430 e. The maximum absolute atomic E-state index is 12.3. The van der Waals surface area contributed by atoms with Crippen LogP contribution in [0.4, 0.5) is 4.79 Å². The zero-order valence-corrected chi connectivity index (χ0v) is 23.4. The molecule has 0 spiro atoms. The molecule has 0 radical (unpaired) electrons. The molecule has 2 atom stereocenters. The molecule has 2 aromatic rings. The Morgan fingerprint density at radius 2 is 1.11 bits per heavy atom. The molecule has 4 heteroatoms. The lowest BCUT2D eigenvalue weighted by Gasteiger charge is -2.38. The molecule has 1 fully saturated rings. The first-order valence-corrected chi connectivity index (χ1v) is 12.9. The fourth-order valence-corrected chi connectivity index (χ4v) is 4.84. The highest BCUT2D eigenvalue weighted by Crippen LogP contribution is 2.40. The van der Waals surface area contributed by atoms with Gasteiger partial charge in [0, 0.05) is 24.4 Å². The van der Waals surface area contributed by atoms with E-state index >= 15 is 0 Å². The highest BCUT2D eigenvalue weighted by atomic mass is 16.7. The van der Waals surface area contributed by atoms with Crippen LogP contribution >= 0.6 is 0 Å². The topological polar surface area (TPSA) is 47.6 Å². The van der Waals surface area contributed by atoms with Crippen LogP contribution in [0.15, 0.2) is 48.5 Å². The van der Waals surface area contributed by atoms with Crippen LogP contribution in [0.2, 0.25) is 0 Å². The van der Waals surface area contributed by atoms with Crippen LogP contribution in [-0.2, 0) is 25.7 Å². The van der Waals surface area contributed by atoms with Crippen molar-refractivity contribution in [2.24, 2.45) is 0 Å². The van der Waals surface area contributed by atoms with Gasteiger partial charge in [-0.25, -0.2) is 4.79 Å². The van der Waals surface area contributed by atoms with Gasteiger partial charge in [0.05, 0.1) is 0 Å². The summed E-state index contributed by atoms with van der Waals surface area (Å²) in [5, 5.41) is 3.67. The highest BCUT2D eigenvalue weighted by molar-refractivity contribution is 5.61. The molecular weight excluding hydrogens is 434 g/mol. The summed E-state index contributed by atoms with van der Waals surface area (Å²) >= 11 is 0. The first-order chi connectivity index (χ1) is 16.0. The molecule has 0 saturated carbocycles. The van der Waals surface area contributed by atoms with E-state index in [1.54, 1.807) is 0 Å². The van der Waals surface area contributed by atoms with E-state index in [2.05, 4.69) is 102 Å².